The van der Waals surface area contributed by atoms with Crippen LogP contribution in [0.4, 0.5) is 0 Å². The van der Waals surface area contributed by atoms with Crippen LogP contribution in [0, 0.1) is 5.41 Å². The highest BCUT2D eigenvalue weighted by Crippen LogP contribution is 2.44. The van der Waals surface area contributed by atoms with Crippen LogP contribution in [-0.2, 0) is 0 Å². The zero-order valence-electron chi connectivity index (χ0n) is 13.5. The molecule has 2 fully saturated rings. The summed E-state index contributed by atoms with van der Waals surface area (Å²) in [5.74, 6) is 0. The van der Waals surface area contributed by atoms with Crippen molar-refractivity contribution < 1.29 is 0 Å². The molecule has 19 heavy (non-hydrogen) atoms. The lowest BCUT2D eigenvalue weighted by atomic mass is 9.81. The third kappa shape index (κ3) is 3.48. The van der Waals surface area contributed by atoms with Gasteiger partial charge in [-0.1, -0.05) is 34.1 Å². The first-order chi connectivity index (χ1) is 8.90. The van der Waals surface area contributed by atoms with Crippen LogP contribution in [-0.4, -0.2) is 47.6 Å². The molecule has 1 saturated carbocycles. The lowest BCUT2D eigenvalue weighted by Crippen LogP contribution is -2.62. The average molecular weight is 285 g/mol. The Balaban J connectivity index is 2.01. The topological polar surface area (TPSA) is 15.3 Å². The molecule has 2 unspecified atom stereocenters. The van der Waals surface area contributed by atoms with Crippen LogP contribution in [0.2, 0.25) is 0 Å². The summed E-state index contributed by atoms with van der Waals surface area (Å²) in [5, 5.41) is 3.78. The van der Waals surface area contributed by atoms with E-state index in [1.165, 1.54) is 45.3 Å². The molecule has 112 valence electrons. The molecule has 2 rings (SSSR count). The van der Waals surface area contributed by atoms with Gasteiger partial charge in [-0.25, -0.2) is 0 Å². The van der Waals surface area contributed by atoms with Crippen LogP contribution in [0.15, 0.2) is 0 Å². The zero-order valence-corrected chi connectivity index (χ0v) is 14.3. The van der Waals surface area contributed by atoms with Crippen molar-refractivity contribution in [3.05, 3.63) is 0 Å². The third-order valence-corrected chi connectivity index (χ3v) is 6.64. The van der Waals surface area contributed by atoms with E-state index in [-0.39, 0.29) is 0 Å². The Hall–Kier alpha value is 0.270. The molecule has 0 spiro atoms. The van der Waals surface area contributed by atoms with Gasteiger partial charge in [0.15, 0.2) is 0 Å². The van der Waals surface area contributed by atoms with E-state index in [0.29, 0.717) is 16.2 Å². The first-order valence-corrected chi connectivity index (χ1v) is 9.15. The highest BCUT2D eigenvalue weighted by atomic mass is 32.2. The molecule has 1 aliphatic heterocycles. The van der Waals surface area contributed by atoms with Gasteiger partial charge in [0.1, 0.15) is 0 Å². The smallest absolute Gasteiger partial charge is 0.0284 e. The van der Waals surface area contributed by atoms with Crippen molar-refractivity contribution in [3.8, 4) is 0 Å². The number of nitrogens with one attached hydrogen (secondary N) is 1. The maximum Gasteiger partial charge on any atom is 0.0284 e. The Morgan fingerprint density at radius 3 is 2.42 bits per heavy atom. The maximum absolute atomic E-state index is 3.78. The summed E-state index contributed by atoms with van der Waals surface area (Å²) in [5.41, 5.74) is 0.364. The molecule has 1 aliphatic carbocycles. The Labute approximate surface area is 124 Å². The van der Waals surface area contributed by atoms with Crippen molar-refractivity contribution in [1.29, 1.82) is 0 Å². The molecule has 0 aromatic carbocycles. The Bertz CT molecular complexity index is 288. The molecule has 1 saturated heterocycles. The predicted octanol–water partition coefficient (Wildman–Crippen LogP) is 3.37. The monoisotopic (exact) mass is 284 g/mol. The van der Waals surface area contributed by atoms with Gasteiger partial charge < -0.3 is 5.32 Å². The van der Waals surface area contributed by atoms with Crippen molar-refractivity contribution in [2.24, 2.45) is 5.41 Å². The fraction of sp³-hybridized carbons (Fsp3) is 1.00. The van der Waals surface area contributed by atoms with Crippen LogP contribution < -0.4 is 5.32 Å². The molecular weight excluding hydrogens is 252 g/mol. The lowest BCUT2D eigenvalue weighted by molar-refractivity contribution is 0.0649. The summed E-state index contributed by atoms with van der Waals surface area (Å²) in [7, 11) is 0. The fourth-order valence-electron chi connectivity index (χ4n) is 3.40. The van der Waals surface area contributed by atoms with E-state index in [1.807, 2.05) is 0 Å². The molecular formula is C16H32N2S. The summed E-state index contributed by atoms with van der Waals surface area (Å²) in [6.45, 7) is 13.1. The van der Waals surface area contributed by atoms with E-state index < -0.39 is 0 Å². The second kappa shape index (κ2) is 5.95. The average Bonchev–Trinajstić information content (AvgIpc) is 2.32. The Morgan fingerprint density at radius 1 is 1.32 bits per heavy atom. The van der Waals surface area contributed by atoms with Crippen LogP contribution in [0.5, 0.6) is 0 Å². The number of piperazine rings is 1. The molecule has 2 atom stereocenters. The standard InChI is InChI=1S/C16H32N2S/c1-6-13-10-17-14(15(2,3)4)11-18(13)12-16(19-5)8-7-9-16/h13-14,17H,6-12H2,1-5H3. The second-order valence-corrected chi connectivity index (χ2v) is 8.83. The molecule has 1 heterocycles. The van der Waals surface area contributed by atoms with E-state index in [9.17, 15) is 0 Å². The summed E-state index contributed by atoms with van der Waals surface area (Å²) in [4.78, 5) is 2.79. The van der Waals surface area contributed by atoms with Gasteiger partial charge in [-0.2, -0.15) is 11.8 Å². The van der Waals surface area contributed by atoms with Crippen LogP contribution in [0.25, 0.3) is 0 Å². The molecule has 2 aliphatic rings. The molecule has 1 N–H and O–H groups in total. The first kappa shape index (κ1) is 15.7. The molecule has 2 nitrogen and oxygen atoms in total. The normalized spacial score (nSPS) is 32.1. The first-order valence-electron chi connectivity index (χ1n) is 7.93. The minimum Gasteiger partial charge on any atom is -0.311 e. The Kier molecular flexibility index (Phi) is 4.90. The number of hydrogen-bond acceptors (Lipinski definition) is 3. The number of rotatable bonds is 4. The van der Waals surface area contributed by atoms with Crippen LogP contribution in [0.1, 0.15) is 53.4 Å². The van der Waals surface area contributed by atoms with Crippen molar-refractivity contribution in [2.75, 3.05) is 25.9 Å². The van der Waals surface area contributed by atoms with Crippen molar-refractivity contribution in [1.82, 2.24) is 10.2 Å². The maximum atomic E-state index is 3.78. The fourth-order valence-corrected chi connectivity index (χ4v) is 4.39. The SMILES string of the molecule is CCC1CNC(C(C)(C)C)CN1CC1(SC)CCC1. The number of hydrogen-bond donors (Lipinski definition) is 1. The molecule has 0 bridgehead atoms. The van der Waals surface area contributed by atoms with E-state index >= 15 is 0 Å². The third-order valence-electron chi connectivity index (χ3n) is 5.24. The van der Waals surface area contributed by atoms with Crippen LogP contribution >= 0.6 is 11.8 Å². The zero-order chi connectivity index (χ0) is 14.1. The molecule has 0 radical (unpaired) electrons. The van der Waals surface area contributed by atoms with Crippen LogP contribution in [0.3, 0.4) is 0 Å². The second-order valence-electron chi connectivity index (χ2n) is 7.56. The number of nitrogens with zero attached hydrogens (tertiary/aromatic N) is 1. The largest absolute Gasteiger partial charge is 0.311 e. The van der Waals surface area contributed by atoms with Gasteiger partial charge in [0.25, 0.3) is 0 Å². The highest BCUT2D eigenvalue weighted by Gasteiger charge is 2.41. The van der Waals surface area contributed by atoms with Gasteiger partial charge in [0.2, 0.25) is 0 Å². The summed E-state index contributed by atoms with van der Waals surface area (Å²) in [6, 6.07) is 1.37. The minimum absolute atomic E-state index is 0.364. The lowest BCUT2D eigenvalue weighted by Gasteiger charge is -2.50. The van der Waals surface area contributed by atoms with E-state index in [0.717, 1.165) is 6.04 Å². The van der Waals surface area contributed by atoms with E-state index in [2.05, 4.69) is 55.9 Å². The predicted molar refractivity (Wildman–Crippen MR) is 87.0 cm³/mol. The van der Waals surface area contributed by atoms with Gasteiger partial charge in [-0.15, -0.1) is 0 Å². The Morgan fingerprint density at radius 2 is 2.00 bits per heavy atom. The summed E-state index contributed by atoms with van der Waals surface area (Å²) in [6.07, 6.45) is 7.87. The summed E-state index contributed by atoms with van der Waals surface area (Å²) < 4.78 is 0.577. The van der Waals surface area contributed by atoms with Crippen molar-refractivity contribution >= 4 is 11.8 Å². The molecule has 0 amide bonds. The van der Waals surface area contributed by atoms with Gasteiger partial charge in [0, 0.05) is 36.5 Å². The quantitative estimate of drug-likeness (QED) is 0.852. The number of thioether (sulfide) groups is 1. The summed E-state index contributed by atoms with van der Waals surface area (Å²) >= 11 is 2.11. The van der Waals surface area contributed by atoms with E-state index in [1.54, 1.807) is 0 Å². The van der Waals surface area contributed by atoms with Gasteiger partial charge in [-0.3, -0.25) is 4.90 Å². The van der Waals surface area contributed by atoms with E-state index in [4.69, 9.17) is 0 Å². The minimum atomic E-state index is 0.364. The van der Waals surface area contributed by atoms with Gasteiger partial charge >= 0.3 is 0 Å². The molecule has 3 heteroatoms. The molecule has 0 aromatic rings. The molecule has 0 aromatic heterocycles. The van der Waals surface area contributed by atoms with Crippen molar-refractivity contribution in [2.45, 2.75) is 70.2 Å². The van der Waals surface area contributed by atoms with Gasteiger partial charge in [-0.05, 0) is 30.9 Å². The van der Waals surface area contributed by atoms with Gasteiger partial charge in [0.05, 0.1) is 0 Å². The highest BCUT2D eigenvalue weighted by molar-refractivity contribution is 8.00. The van der Waals surface area contributed by atoms with Crippen molar-refractivity contribution in [3.63, 3.8) is 0 Å².